The largest absolute Gasteiger partial charge is 0.491 e. The number of carbonyl (C=O) groups is 1. The summed E-state index contributed by atoms with van der Waals surface area (Å²) in [5, 5.41) is 3.26. The first-order valence-corrected chi connectivity index (χ1v) is 29.1. The van der Waals surface area contributed by atoms with Gasteiger partial charge in [0.15, 0.2) is 0 Å². The number of aryl methyl sites for hydroxylation is 2. The zero-order valence-corrected chi connectivity index (χ0v) is 46.8. The molecule has 8 heteroatoms. The van der Waals surface area contributed by atoms with E-state index >= 15 is 0 Å². The van der Waals surface area contributed by atoms with Gasteiger partial charge in [-0.05, 0) is 99.2 Å². The van der Waals surface area contributed by atoms with E-state index in [4.69, 9.17) is 14.2 Å². The highest BCUT2D eigenvalue weighted by molar-refractivity contribution is 7.30. The maximum atomic E-state index is 13.3. The molecule has 0 aliphatic carbocycles. The molecule has 0 aliphatic rings. The molecule has 0 N–H and O–H groups in total. The van der Waals surface area contributed by atoms with Gasteiger partial charge in [-0.1, -0.05) is 135 Å². The fraction of sp³-hybridized carbons (Fsp3) is 0.409. The third-order valence-electron chi connectivity index (χ3n) is 11.5. The SMILES string of the molecule is CC#CC#CC#CC#CC#CC#CC#CC#CC#CC#CC#COC(=O)c1cc2c(-c3cc4c(OCCCCCCCCCCCC)c5sc(C)cc5c(OCCCCCCCCCCCC)c4s3)sc(C)c2s1. The number of hydrogen-bond donors (Lipinski definition) is 0. The van der Waals surface area contributed by atoms with Gasteiger partial charge in [0.25, 0.3) is 0 Å². The number of rotatable bonds is 26. The van der Waals surface area contributed by atoms with Crippen molar-refractivity contribution in [3.05, 3.63) is 32.8 Å². The molecule has 0 atom stereocenters. The molecular weight excluding hydrogens is 985 g/mol. The summed E-state index contributed by atoms with van der Waals surface area (Å²) in [5.74, 6) is 55.1. The lowest BCUT2D eigenvalue weighted by Gasteiger charge is -2.14. The van der Waals surface area contributed by atoms with E-state index in [1.165, 1.54) is 132 Å². The lowest BCUT2D eigenvalue weighted by atomic mass is 10.1. The van der Waals surface area contributed by atoms with Crippen LogP contribution in [-0.2, 0) is 4.74 Å². The van der Waals surface area contributed by atoms with Crippen LogP contribution in [0.2, 0.25) is 0 Å². The molecule has 5 rings (SSSR count). The van der Waals surface area contributed by atoms with Gasteiger partial charge in [0.05, 0.1) is 27.5 Å². The Labute approximate surface area is 458 Å². The molecule has 374 valence electrons. The Morgan fingerprint density at radius 1 is 0.432 bits per heavy atom. The second-order valence-corrected chi connectivity index (χ2v) is 21.8. The summed E-state index contributed by atoms with van der Waals surface area (Å²) in [6.45, 7) is 11.9. The summed E-state index contributed by atoms with van der Waals surface area (Å²) in [4.78, 5) is 18.4. The highest BCUT2D eigenvalue weighted by Crippen LogP contribution is 2.53. The fourth-order valence-electron chi connectivity index (χ4n) is 7.88. The van der Waals surface area contributed by atoms with Gasteiger partial charge in [0.2, 0.25) is 0 Å². The Bertz CT molecular complexity index is 3360. The van der Waals surface area contributed by atoms with E-state index in [1.807, 2.05) is 6.07 Å². The Balaban J connectivity index is 1.25. The summed E-state index contributed by atoms with van der Waals surface area (Å²) in [5.41, 5.74) is 0. The monoisotopic (exact) mass is 1050 g/mol. The van der Waals surface area contributed by atoms with E-state index < -0.39 is 5.97 Å². The van der Waals surface area contributed by atoms with Crippen molar-refractivity contribution in [1.29, 1.82) is 0 Å². The molecule has 0 saturated heterocycles. The van der Waals surface area contributed by atoms with Crippen LogP contribution in [-0.4, -0.2) is 19.2 Å². The Morgan fingerprint density at radius 2 is 0.838 bits per heavy atom. The van der Waals surface area contributed by atoms with Gasteiger partial charge in [0.1, 0.15) is 22.5 Å². The lowest BCUT2D eigenvalue weighted by Crippen LogP contribution is -2.00. The first-order valence-electron chi connectivity index (χ1n) is 25.9. The quantitative estimate of drug-likeness (QED) is 0.0314. The fourth-order valence-corrected chi connectivity index (χ4v) is 12.5. The Morgan fingerprint density at radius 3 is 1.30 bits per heavy atom. The van der Waals surface area contributed by atoms with Crippen molar-refractivity contribution < 1.29 is 19.0 Å². The molecule has 0 aliphatic heterocycles. The number of hydrogen-bond acceptors (Lipinski definition) is 8. The minimum atomic E-state index is -0.528. The van der Waals surface area contributed by atoms with E-state index in [1.54, 1.807) is 40.9 Å². The first kappa shape index (κ1) is 57.9. The topological polar surface area (TPSA) is 44.8 Å². The van der Waals surface area contributed by atoms with Crippen LogP contribution in [0.3, 0.4) is 0 Å². The molecule has 0 bridgehead atoms. The van der Waals surface area contributed by atoms with Gasteiger partial charge < -0.3 is 14.2 Å². The van der Waals surface area contributed by atoms with Crippen LogP contribution in [0.25, 0.3) is 40.0 Å². The molecule has 5 aromatic rings. The minimum absolute atomic E-state index is 0.472. The average molecular weight is 1050 g/mol. The Kier molecular flexibility index (Phi) is 27.6. The number of carbonyl (C=O) groups excluding carboxylic acids is 1. The van der Waals surface area contributed by atoms with Crippen molar-refractivity contribution >= 4 is 81.6 Å². The third kappa shape index (κ3) is 20.1. The van der Waals surface area contributed by atoms with Crippen molar-refractivity contribution in [1.82, 2.24) is 0 Å². The van der Waals surface area contributed by atoms with Gasteiger partial charge in [0, 0.05) is 107 Å². The van der Waals surface area contributed by atoms with E-state index in [2.05, 4.69) is 170 Å². The molecule has 0 saturated carbocycles. The Hall–Kier alpha value is -6.97. The molecule has 74 heavy (non-hydrogen) atoms. The van der Waals surface area contributed by atoms with Crippen LogP contribution in [0.4, 0.5) is 0 Å². The highest BCUT2D eigenvalue weighted by atomic mass is 32.1. The molecular formula is C66H62O4S4. The summed E-state index contributed by atoms with van der Waals surface area (Å²) < 4.78 is 22.3. The molecule has 0 unspecified atom stereocenters. The van der Waals surface area contributed by atoms with E-state index in [9.17, 15) is 4.79 Å². The molecule has 4 nitrogen and oxygen atoms in total. The van der Waals surface area contributed by atoms with Gasteiger partial charge in [-0.2, -0.15) is 0 Å². The van der Waals surface area contributed by atoms with Crippen molar-refractivity contribution in [2.45, 2.75) is 163 Å². The van der Waals surface area contributed by atoms with Gasteiger partial charge >= 0.3 is 5.97 Å². The second kappa shape index (κ2) is 35.2. The molecule has 0 amide bonds. The van der Waals surface area contributed by atoms with Crippen molar-refractivity contribution in [3.8, 4) is 152 Å². The lowest BCUT2D eigenvalue weighted by molar-refractivity contribution is 0.0696. The standard InChI is InChI=1S/C66H62O4S4/c1-6-9-12-15-18-21-24-25-26-27-28-29-30-31-32-33-34-37-40-43-46-49-70-66(67)59-52-57-62(74-59)54(5)72-63(57)58-51-56-61(69-48-45-42-39-36-23-20-17-14-11-8-3)64-55(50-53(4)71-64)60(65(56)73-58)68-47-44-41-38-35-22-19-16-13-10-7-2/h50-52H,7-8,10-11,13-14,16-17,19-20,22-23,35-36,38-39,41-42,44-45,47-48H2,1-5H3. The van der Waals surface area contributed by atoms with Crippen molar-refractivity contribution in [3.63, 3.8) is 0 Å². The van der Waals surface area contributed by atoms with E-state index in [0.29, 0.717) is 18.1 Å². The summed E-state index contributed by atoms with van der Waals surface area (Å²) in [6, 6.07) is 6.49. The normalized spacial score (nSPS) is 9.47. The summed E-state index contributed by atoms with van der Waals surface area (Å²) in [6.07, 6.45) is 28.0. The van der Waals surface area contributed by atoms with E-state index in [-0.39, 0.29) is 0 Å². The maximum absolute atomic E-state index is 13.3. The number of ether oxygens (including phenoxy) is 3. The molecule has 0 fully saturated rings. The van der Waals surface area contributed by atoms with Crippen molar-refractivity contribution in [2.75, 3.05) is 13.2 Å². The third-order valence-corrected chi connectivity index (χ3v) is 16.3. The molecule has 0 spiro atoms. The predicted octanol–water partition coefficient (Wildman–Crippen LogP) is 16.4. The maximum Gasteiger partial charge on any atom is 0.362 e. The average Bonchev–Trinajstić information content (AvgIpc) is 4.20. The second-order valence-electron chi connectivity index (χ2n) is 17.3. The van der Waals surface area contributed by atoms with Gasteiger partial charge in [-0.3, -0.25) is 0 Å². The first-order chi connectivity index (χ1) is 36.5. The smallest absolute Gasteiger partial charge is 0.362 e. The number of thiophene rings is 4. The van der Waals surface area contributed by atoms with Crippen LogP contribution in [0.1, 0.15) is 169 Å². The highest BCUT2D eigenvalue weighted by Gasteiger charge is 2.25. The van der Waals surface area contributed by atoms with Gasteiger partial charge in [-0.15, -0.1) is 45.3 Å². The number of fused-ring (bicyclic) bond motifs is 3. The molecule has 0 radical (unpaired) electrons. The predicted molar refractivity (Wildman–Crippen MR) is 317 cm³/mol. The van der Waals surface area contributed by atoms with Gasteiger partial charge in [-0.25, -0.2) is 4.79 Å². The number of benzene rings is 1. The van der Waals surface area contributed by atoms with Crippen LogP contribution in [0.5, 0.6) is 11.5 Å². The van der Waals surface area contributed by atoms with Crippen LogP contribution >= 0.6 is 45.3 Å². The number of esters is 1. The van der Waals surface area contributed by atoms with Crippen LogP contribution in [0, 0.1) is 144 Å². The summed E-state index contributed by atoms with van der Waals surface area (Å²) >= 11 is 6.71. The summed E-state index contributed by atoms with van der Waals surface area (Å²) in [7, 11) is 0. The minimum Gasteiger partial charge on any atom is -0.491 e. The number of unbranched alkanes of at least 4 members (excludes halogenated alkanes) is 18. The molecule has 1 aromatic carbocycles. The van der Waals surface area contributed by atoms with Crippen LogP contribution in [0.15, 0.2) is 18.2 Å². The zero-order chi connectivity index (χ0) is 52.3. The van der Waals surface area contributed by atoms with E-state index in [0.717, 1.165) is 69.2 Å². The van der Waals surface area contributed by atoms with Crippen LogP contribution < -0.4 is 9.47 Å². The molecule has 4 aromatic heterocycles. The zero-order valence-electron chi connectivity index (χ0n) is 43.6. The van der Waals surface area contributed by atoms with Crippen molar-refractivity contribution in [2.24, 2.45) is 0 Å². The molecule has 4 heterocycles.